The van der Waals surface area contributed by atoms with Gasteiger partial charge < -0.3 is 15.0 Å². The summed E-state index contributed by atoms with van der Waals surface area (Å²) in [4.78, 5) is 4.36. The van der Waals surface area contributed by atoms with E-state index in [1.165, 1.54) is 0 Å². The molecule has 5 heteroatoms. The summed E-state index contributed by atoms with van der Waals surface area (Å²) in [5, 5.41) is 0. The molecule has 2 aromatic rings. The number of imidazole rings is 1. The smallest absolute Gasteiger partial charge is 0.201 e. The number of nitrogens with zero attached hydrogens (tertiary/aromatic N) is 2. The molecule has 2 N–H and O–H groups in total. The molecule has 17 heavy (non-hydrogen) atoms. The van der Waals surface area contributed by atoms with E-state index in [9.17, 15) is 0 Å². The number of nitrogen functional groups attached to an aromatic ring is 1. The van der Waals surface area contributed by atoms with E-state index in [1.807, 2.05) is 22.8 Å². The lowest BCUT2D eigenvalue weighted by Crippen LogP contribution is -2.16. The lowest BCUT2D eigenvalue weighted by Gasteiger charge is -2.12. The molecule has 1 atom stereocenters. The van der Waals surface area contributed by atoms with Crippen molar-refractivity contribution in [3.8, 4) is 0 Å². The Bertz CT molecular complexity index is 546. The zero-order valence-corrected chi connectivity index (χ0v) is 11.0. The highest BCUT2D eigenvalue weighted by Gasteiger charge is 2.18. The standard InChI is InChI=1S/C12H14BrN3O/c13-8-3-4-10-11(6-8)16(12(14)15-10)7-9-2-1-5-17-9/h3-4,6,9H,1-2,5,7H2,(H2,14,15). The first kappa shape index (κ1) is 11.0. The van der Waals surface area contributed by atoms with Crippen LogP contribution in [0.15, 0.2) is 22.7 Å². The number of fused-ring (bicyclic) bond motifs is 1. The molecular weight excluding hydrogens is 282 g/mol. The molecule has 1 aromatic carbocycles. The molecule has 1 unspecified atom stereocenters. The van der Waals surface area contributed by atoms with Crippen molar-refractivity contribution in [2.24, 2.45) is 0 Å². The summed E-state index contributed by atoms with van der Waals surface area (Å²) in [6, 6.07) is 6.00. The summed E-state index contributed by atoms with van der Waals surface area (Å²) >= 11 is 3.48. The van der Waals surface area contributed by atoms with E-state index in [0.717, 1.165) is 41.5 Å². The van der Waals surface area contributed by atoms with Crippen LogP contribution in [0, 0.1) is 0 Å². The van der Waals surface area contributed by atoms with Gasteiger partial charge in [0.25, 0.3) is 0 Å². The van der Waals surface area contributed by atoms with Gasteiger partial charge in [0, 0.05) is 11.1 Å². The Morgan fingerprint density at radius 1 is 1.53 bits per heavy atom. The second-order valence-corrected chi connectivity index (χ2v) is 5.26. The molecule has 1 saturated heterocycles. The summed E-state index contributed by atoms with van der Waals surface area (Å²) in [5.74, 6) is 0.564. The Balaban J connectivity index is 2.01. The normalized spacial score (nSPS) is 20.2. The largest absolute Gasteiger partial charge is 0.376 e. The summed E-state index contributed by atoms with van der Waals surface area (Å²) in [7, 11) is 0. The second-order valence-electron chi connectivity index (χ2n) is 4.35. The van der Waals surface area contributed by atoms with Gasteiger partial charge in [-0.15, -0.1) is 0 Å². The number of anilines is 1. The van der Waals surface area contributed by atoms with Gasteiger partial charge in [-0.25, -0.2) is 4.98 Å². The van der Waals surface area contributed by atoms with Crippen molar-refractivity contribution < 1.29 is 4.74 Å². The maximum atomic E-state index is 5.96. The Labute approximate surface area is 108 Å². The minimum Gasteiger partial charge on any atom is -0.376 e. The van der Waals surface area contributed by atoms with Crippen molar-refractivity contribution in [2.75, 3.05) is 12.3 Å². The first-order chi connectivity index (χ1) is 8.24. The van der Waals surface area contributed by atoms with Gasteiger partial charge in [0.2, 0.25) is 5.95 Å². The van der Waals surface area contributed by atoms with Crippen molar-refractivity contribution in [1.82, 2.24) is 9.55 Å². The summed E-state index contributed by atoms with van der Waals surface area (Å²) in [6.07, 6.45) is 2.52. The molecule has 1 aliphatic heterocycles. The number of ether oxygens (including phenoxy) is 1. The van der Waals surface area contributed by atoms with Crippen LogP contribution in [-0.4, -0.2) is 22.3 Å². The van der Waals surface area contributed by atoms with Crippen LogP contribution in [0.1, 0.15) is 12.8 Å². The molecule has 1 aliphatic rings. The highest BCUT2D eigenvalue weighted by Crippen LogP contribution is 2.24. The predicted octanol–water partition coefficient (Wildman–Crippen LogP) is 2.56. The van der Waals surface area contributed by atoms with Gasteiger partial charge in [0.05, 0.1) is 23.7 Å². The van der Waals surface area contributed by atoms with Crippen molar-refractivity contribution >= 4 is 32.9 Å². The molecule has 90 valence electrons. The second kappa shape index (κ2) is 4.31. The molecule has 0 bridgehead atoms. The minimum atomic E-state index is 0.272. The molecule has 2 heterocycles. The van der Waals surface area contributed by atoms with Crippen molar-refractivity contribution in [3.05, 3.63) is 22.7 Å². The van der Waals surface area contributed by atoms with Gasteiger partial charge in [-0.2, -0.15) is 0 Å². The van der Waals surface area contributed by atoms with E-state index in [0.29, 0.717) is 5.95 Å². The summed E-state index contributed by atoms with van der Waals surface area (Å²) in [6.45, 7) is 1.65. The Hall–Kier alpha value is -1.07. The van der Waals surface area contributed by atoms with Crippen LogP contribution in [-0.2, 0) is 11.3 Å². The number of hydrogen-bond acceptors (Lipinski definition) is 3. The molecule has 1 aromatic heterocycles. The Kier molecular flexibility index (Phi) is 2.80. The van der Waals surface area contributed by atoms with E-state index in [1.54, 1.807) is 0 Å². The van der Waals surface area contributed by atoms with Crippen molar-refractivity contribution in [2.45, 2.75) is 25.5 Å². The molecule has 0 saturated carbocycles. The zero-order valence-electron chi connectivity index (χ0n) is 9.40. The highest BCUT2D eigenvalue weighted by molar-refractivity contribution is 9.10. The predicted molar refractivity (Wildman–Crippen MR) is 70.8 cm³/mol. The molecule has 0 radical (unpaired) electrons. The van der Waals surface area contributed by atoms with E-state index < -0.39 is 0 Å². The third kappa shape index (κ3) is 2.05. The van der Waals surface area contributed by atoms with E-state index in [-0.39, 0.29) is 6.10 Å². The number of benzene rings is 1. The molecule has 1 fully saturated rings. The van der Waals surface area contributed by atoms with Crippen LogP contribution in [0.3, 0.4) is 0 Å². The quantitative estimate of drug-likeness (QED) is 0.926. The number of hydrogen-bond donors (Lipinski definition) is 1. The van der Waals surface area contributed by atoms with Crippen LogP contribution in [0.4, 0.5) is 5.95 Å². The van der Waals surface area contributed by atoms with Crippen LogP contribution < -0.4 is 5.73 Å². The fourth-order valence-electron chi connectivity index (χ4n) is 2.30. The zero-order chi connectivity index (χ0) is 11.8. The molecule has 0 spiro atoms. The van der Waals surface area contributed by atoms with Crippen LogP contribution in [0.25, 0.3) is 11.0 Å². The number of aromatic nitrogens is 2. The van der Waals surface area contributed by atoms with Crippen LogP contribution in [0.2, 0.25) is 0 Å². The maximum Gasteiger partial charge on any atom is 0.201 e. The molecule has 0 aliphatic carbocycles. The fraction of sp³-hybridized carbons (Fsp3) is 0.417. The Morgan fingerprint density at radius 3 is 3.18 bits per heavy atom. The Morgan fingerprint density at radius 2 is 2.41 bits per heavy atom. The van der Waals surface area contributed by atoms with Crippen molar-refractivity contribution in [3.63, 3.8) is 0 Å². The van der Waals surface area contributed by atoms with Crippen LogP contribution >= 0.6 is 15.9 Å². The molecule has 3 rings (SSSR count). The van der Waals surface area contributed by atoms with Gasteiger partial charge >= 0.3 is 0 Å². The van der Waals surface area contributed by atoms with Gasteiger partial charge in [0.1, 0.15) is 0 Å². The third-order valence-corrected chi connectivity index (χ3v) is 3.64. The summed E-state index contributed by atoms with van der Waals surface area (Å²) < 4.78 is 8.72. The van der Waals surface area contributed by atoms with Gasteiger partial charge in [-0.3, -0.25) is 0 Å². The third-order valence-electron chi connectivity index (χ3n) is 3.15. The fourth-order valence-corrected chi connectivity index (χ4v) is 2.65. The SMILES string of the molecule is Nc1nc2ccc(Br)cc2n1CC1CCCO1. The number of nitrogens with two attached hydrogens (primary N) is 1. The molecular formula is C12H14BrN3O. The highest BCUT2D eigenvalue weighted by atomic mass is 79.9. The van der Waals surface area contributed by atoms with Gasteiger partial charge in [-0.05, 0) is 31.0 Å². The van der Waals surface area contributed by atoms with Crippen molar-refractivity contribution in [1.29, 1.82) is 0 Å². The van der Waals surface area contributed by atoms with Crippen LogP contribution in [0.5, 0.6) is 0 Å². The molecule has 4 nitrogen and oxygen atoms in total. The molecule has 0 amide bonds. The average Bonchev–Trinajstić information content (AvgIpc) is 2.90. The lowest BCUT2D eigenvalue weighted by molar-refractivity contribution is 0.0984. The average molecular weight is 296 g/mol. The summed E-state index contributed by atoms with van der Waals surface area (Å²) in [5.41, 5.74) is 7.96. The van der Waals surface area contributed by atoms with E-state index >= 15 is 0 Å². The topological polar surface area (TPSA) is 53.1 Å². The number of halogens is 1. The monoisotopic (exact) mass is 295 g/mol. The first-order valence-electron chi connectivity index (χ1n) is 5.77. The van der Waals surface area contributed by atoms with Gasteiger partial charge in [-0.1, -0.05) is 15.9 Å². The minimum absolute atomic E-state index is 0.272. The maximum absolute atomic E-state index is 5.96. The lowest BCUT2D eigenvalue weighted by atomic mass is 10.2. The number of rotatable bonds is 2. The van der Waals surface area contributed by atoms with Gasteiger partial charge in [0.15, 0.2) is 0 Å². The first-order valence-corrected chi connectivity index (χ1v) is 6.56. The van der Waals surface area contributed by atoms with E-state index in [2.05, 4.69) is 20.9 Å². The van der Waals surface area contributed by atoms with E-state index in [4.69, 9.17) is 10.5 Å².